The minimum atomic E-state index is 0.629. The zero-order valence-corrected chi connectivity index (χ0v) is 11.9. The fourth-order valence-electron chi connectivity index (χ4n) is 1.75. The second kappa shape index (κ2) is 6.28. The largest absolute Gasteiger partial charge is 0.330 e. The van der Waals surface area contributed by atoms with Crippen molar-refractivity contribution in [2.24, 2.45) is 5.73 Å². The van der Waals surface area contributed by atoms with Gasteiger partial charge in [0.05, 0.1) is 0 Å². The van der Waals surface area contributed by atoms with E-state index in [1.807, 2.05) is 6.07 Å². The Balaban J connectivity index is 2.20. The van der Waals surface area contributed by atoms with Gasteiger partial charge < -0.3 is 5.73 Å². The molecule has 0 aliphatic heterocycles. The summed E-state index contributed by atoms with van der Waals surface area (Å²) in [5.74, 6) is 0. The molecular weight excluding hydrogens is 262 g/mol. The SMILES string of the molecule is Cc1ccccc1Sc1ccc(CCN)c(Cl)c1. The zero-order valence-electron chi connectivity index (χ0n) is 10.3. The maximum absolute atomic E-state index is 6.25. The summed E-state index contributed by atoms with van der Waals surface area (Å²) in [4.78, 5) is 2.43. The lowest BCUT2D eigenvalue weighted by molar-refractivity contribution is 0.967. The lowest BCUT2D eigenvalue weighted by Crippen LogP contribution is -2.02. The van der Waals surface area contributed by atoms with Crippen LogP contribution in [0.3, 0.4) is 0 Å². The zero-order chi connectivity index (χ0) is 13.0. The number of halogens is 1. The van der Waals surface area contributed by atoms with Crippen LogP contribution in [0.5, 0.6) is 0 Å². The summed E-state index contributed by atoms with van der Waals surface area (Å²) >= 11 is 7.98. The van der Waals surface area contributed by atoms with E-state index in [0.29, 0.717) is 6.54 Å². The van der Waals surface area contributed by atoms with Crippen molar-refractivity contribution in [3.05, 3.63) is 58.6 Å². The van der Waals surface area contributed by atoms with Crippen molar-refractivity contribution in [3.63, 3.8) is 0 Å². The van der Waals surface area contributed by atoms with E-state index in [4.69, 9.17) is 17.3 Å². The molecule has 0 bridgehead atoms. The van der Waals surface area contributed by atoms with Crippen molar-refractivity contribution < 1.29 is 0 Å². The molecule has 2 N–H and O–H groups in total. The first-order valence-electron chi connectivity index (χ1n) is 5.92. The molecule has 0 aromatic heterocycles. The van der Waals surface area contributed by atoms with Gasteiger partial charge >= 0.3 is 0 Å². The number of benzene rings is 2. The molecule has 0 aliphatic rings. The first-order valence-corrected chi connectivity index (χ1v) is 7.12. The Labute approximate surface area is 117 Å². The summed E-state index contributed by atoms with van der Waals surface area (Å²) in [7, 11) is 0. The average molecular weight is 278 g/mol. The van der Waals surface area contributed by atoms with Crippen molar-refractivity contribution in [1.29, 1.82) is 0 Å². The fourth-order valence-corrected chi connectivity index (χ4v) is 3.03. The van der Waals surface area contributed by atoms with Crippen LogP contribution in [0, 0.1) is 6.92 Å². The highest BCUT2D eigenvalue weighted by Gasteiger charge is 2.04. The Morgan fingerprint density at radius 3 is 2.61 bits per heavy atom. The molecular formula is C15H16ClNS. The molecule has 0 atom stereocenters. The molecule has 18 heavy (non-hydrogen) atoms. The number of hydrogen-bond donors (Lipinski definition) is 1. The third-order valence-corrected chi connectivity index (χ3v) is 4.28. The molecule has 3 heteroatoms. The first kappa shape index (κ1) is 13.5. The molecule has 2 aromatic rings. The van der Waals surface area contributed by atoms with Crippen molar-refractivity contribution >= 4 is 23.4 Å². The third-order valence-electron chi connectivity index (χ3n) is 2.76. The predicted molar refractivity (Wildman–Crippen MR) is 79.5 cm³/mol. The molecule has 0 saturated heterocycles. The monoisotopic (exact) mass is 277 g/mol. The summed E-state index contributed by atoms with van der Waals surface area (Å²) in [6.07, 6.45) is 0.828. The quantitative estimate of drug-likeness (QED) is 0.902. The molecule has 0 unspecified atom stereocenters. The van der Waals surface area contributed by atoms with Gasteiger partial charge in [-0.2, -0.15) is 0 Å². The maximum Gasteiger partial charge on any atom is 0.0449 e. The van der Waals surface area contributed by atoms with E-state index in [0.717, 1.165) is 21.9 Å². The summed E-state index contributed by atoms with van der Waals surface area (Å²) in [5, 5.41) is 0.805. The van der Waals surface area contributed by atoms with E-state index in [2.05, 4.69) is 43.3 Å². The van der Waals surface area contributed by atoms with Gasteiger partial charge in [-0.15, -0.1) is 0 Å². The highest BCUT2D eigenvalue weighted by Crippen LogP contribution is 2.32. The van der Waals surface area contributed by atoms with Gasteiger partial charge in [0.1, 0.15) is 0 Å². The Hall–Kier alpha value is -0.960. The normalized spacial score (nSPS) is 10.6. The molecule has 0 saturated carbocycles. The summed E-state index contributed by atoms with van der Waals surface area (Å²) < 4.78 is 0. The van der Waals surface area contributed by atoms with Gasteiger partial charge in [-0.05, 0) is 49.2 Å². The molecule has 0 aliphatic carbocycles. The number of nitrogens with two attached hydrogens (primary N) is 1. The van der Waals surface area contributed by atoms with Crippen LogP contribution in [0.25, 0.3) is 0 Å². The fraction of sp³-hybridized carbons (Fsp3) is 0.200. The summed E-state index contributed by atoms with van der Waals surface area (Å²) in [6, 6.07) is 14.5. The van der Waals surface area contributed by atoms with Crippen LogP contribution in [0.15, 0.2) is 52.3 Å². The van der Waals surface area contributed by atoms with E-state index in [1.54, 1.807) is 11.8 Å². The van der Waals surface area contributed by atoms with Crippen molar-refractivity contribution in [1.82, 2.24) is 0 Å². The van der Waals surface area contributed by atoms with Crippen LogP contribution in [0.2, 0.25) is 5.02 Å². The van der Waals surface area contributed by atoms with Crippen molar-refractivity contribution in [2.75, 3.05) is 6.54 Å². The minimum Gasteiger partial charge on any atom is -0.330 e. The van der Waals surface area contributed by atoms with Crippen LogP contribution in [-0.4, -0.2) is 6.54 Å². The van der Waals surface area contributed by atoms with Crippen LogP contribution >= 0.6 is 23.4 Å². The summed E-state index contributed by atoms with van der Waals surface area (Å²) in [5.41, 5.74) is 7.95. The highest BCUT2D eigenvalue weighted by molar-refractivity contribution is 7.99. The molecule has 0 spiro atoms. The third kappa shape index (κ3) is 3.29. The van der Waals surface area contributed by atoms with Gasteiger partial charge in [-0.3, -0.25) is 0 Å². The number of hydrogen-bond acceptors (Lipinski definition) is 2. The first-order chi connectivity index (χ1) is 8.70. The second-order valence-electron chi connectivity index (χ2n) is 4.16. The minimum absolute atomic E-state index is 0.629. The van der Waals surface area contributed by atoms with Crippen LogP contribution in [0.4, 0.5) is 0 Å². The lowest BCUT2D eigenvalue weighted by Gasteiger charge is -2.08. The Bertz CT molecular complexity index is 540. The van der Waals surface area contributed by atoms with Crippen molar-refractivity contribution in [3.8, 4) is 0 Å². The molecule has 0 heterocycles. The smallest absolute Gasteiger partial charge is 0.0449 e. The van der Waals surface area contributed by atoms with Crippen LogP contribution in [0.1, 0.15) is 11.1 Å². The Kier molecular flexibility index (Phi) is 4.70. The van der Waals surface area contributed by atoms with E-state index in [-0.39, 0.29) is 0 Å². The molecule has 94 valence electrons. The van der Waals surface area contributed by atoms with Gasteiger partial charge in [0.15, 0.2) is 0 Å². The van der Waals surface area contributed by atoms with Gasteiger partial charge in [-0.25, -0.2) is 0 Å². The average Bonchev–Trinajstić information content (AvgIpc) is 2.36. The standard InChI is InChI=1S/C15H16ClNS/c1-11-4-2-3-5-15(11)18-13-7-6-12(8-9-17)14(16)10-13/h2-7,10H,8-9,17H2,1H3. The van der Waals surface area contributed by atoms with Gasteiger partial charge in [-0.1, -0.05) is 47.6 Å². The predicted octanol–water partition coefficient (Wildman–Crippen LogP) is 4.30. The molecule has 2 rings (SSSR count). The molecule has 1 nitrogen and oxygen atoms in total. The Morgan fingerprint density at radius 1 is 1.17 bits per heavy atom. The highest BCUT2D eigenvalue weighted by atomic mass is 35.5. The topological polar surface area (TPSA) is 26.0 Å². The maximum atomic E-state index is 6.25. The van der Waals surface area contributed by atoms with E-state index < -0.39 is 0 Å². The van der Waals surface area contributed by atoms with Gasteiger partial charge in [0, 0.05) is 14.8 Å². The van der Waals surface area contributed by atoms with Crippen LogP contribution < -0.4 is 5.73 Å². The van der Waals surface area contributed by atoms with Gasteiger partial charge in [0.2, 0.25) is 0 Å². The van der Waals surface area contributed by atoms with Crippen LogP contribution in [-0.2, 0) is 6.42 Å². The Morgan fingerprint density at radius 2 is 1.94 bits per heavy atom. The molecule has 0 radical (unpaired) electrons. The second-order valence-corrected chi connectivity index (χ2v) is 5.68. The van der Waals surface area contributed by atoms with E-state index in [1.165, 1.54) is 10.5 Å². The van der Waals surface area contributed by atoms with Crippen molar-refractivity contribution in [2.45, 2.75) is 23.1 Å². The molecule has 0 amide bonds. The number of aryl methyl sites for hydroxylation is 1. The molecule has 0 fully saturated rings. The number of rotatable bonds is 4. The summed E-state index contributed by atoms with van der Waals surface area (Å²) in [6.45, 7) is 2.75. The van der Waals surface area contributed by atoms with E-state index >= 15 is 0 Å². The molecule has 2 aromatic carbocycles. The van der Waals surface area contributed by atoms with Gasteiger partial charge in [0.25, 0.3) is 0 Å². The lowest BCUT2D eigenvalue weighted by atomic mass is 10.1. The van der Waals surface area contributed by atoms with E-state index in [9.17, 15) is 0 Å².